The molecule has 0 aliphatic carbocycles. The van der Waals surface area contributed by atoms with Crippen LogP contribution in [-0.2, 0) is 21.2 Å². The van der Waals surface area contributed by atoms with E-state index in [4.69, 9.17) is 0 Å². The van der Waals surface area contributed by atoms with E-state index in [0.717, 1.165) is 34.9 Å². The first kappa shape index (κ1) is 17.5. The van der Waals surface area contributed by atoms with Crippen LogP contribution in [0.1, 0.15) is 18.9 Å². The van der Waals surface area contributed by atoms with E-state index in [1.54, 1.807) is 29.2 Å². The Hall–Kier alpha value is -2.86. The number of nitrogens with zero attached hydrogens (tertiary/aromatic N) is 1. The molecule has 138 valence electrons. The van der Waals surface area contributed by atoms with Crippen molar-refractivity contribution in [1.82, 2.24) is 0 Å². The topological polar surface area (TPSA) is 66.5 Å². The van der Waals surface area contributed by atoms with E-state index in [1.807, 2.05) is 36.4 Å². The molecular weight excluding hydrogens is 360 g/mol. The molecule has 0 spiro atoms. The molecule has 0 bridgehead atoms. The fourth-order valence-electron chi connectivity index (χ4n) is 3.53. The first-order chi connectivity index (χ1) is 12.9. The summed E-state index contributed by atoms with van der Waals surface area (Å²) in [6.07, 6.45) is 1.59. The van der Waals surface area contributed by atoms with Gasteiger partial charge in [-0.1, -0.05) is 30.3 Å². The van der Waals surface area contributed by atoms with Crippen LogP contribution in [0.3, 0.4) is 0 Å². The fourth-order valence-corrected chi connectivity index (χ4v) is 4.63. The van der Waals surface area contributed by atoms with Crippen molar-refractivity contribution in [3.05, 3.63) is 66.2 Å². The van der Waals surface area contributed by atoms with Crippen LogP contribution in [0.2, 0.25) is 0 Å². The summed E-state index contributed by atoms with van der Waals surface area (Å²) in [7, 11) is -3.71. The van der Waals surface area contributed by atoms with E-state index >= 15 is 0 Å². The standard InChI is InChI=1S/C21H20N2O3S/c1-15(24)23-12-4-7-18-14-20(10-11-21(18)23)27(25,26)22-19-9-8-16-5-2-3-6-17(16)13-19/h2-3,5-6,8-11,13-14,22H,4,7,12H2,1H3. The summed E-state index contributed by atoms with van der Waals surface area (Å²) in [5.41, 5.74) is 2.22. The maximum Gasteiger partial charge on any atom is 0.261 e. The second kappa shape index (κ2) is 6.70. The average molecular weight is 380 g/mol. The molecule has 0 radical (unpaired) electrons. The van der Waals surface area contributed by atoms with E-state index in [0.29, 0.717) is 12.2 Å². The Morgan fingerprint density at radius 2 is 1.78 bits per heavy atom. The predicted molar refractivity (Wildman–Crippen MR) is 108 cm³/mol. The molecule has 3 aromatic carbocycles. The smallest absolute Gasteiger partial charge is 0.261 e. The third-order valence-corrected chi connectivity index (χ3v) is 6.24. The zero-order chi connectivity index (χ0) is 19.0. The first-order valence-electron chi connectivity index (χ1n) is 8.87. The number of fused-ring (bicyclic) bond motifs is 2. The summed E-state index contributed by atoms with van der Waals surface area (Å²) in [6.45, 7) is 2.20. The van der Waals surface area contributed by atoms with Gasteiger partial charge in [-0.2, -0.15) is 0 Å². The molecule has 1 amide bonds. The number of rotatable bonds is 3. The zero-order valence-electron chi connectivity index (χ0n) is 15.0. The van der Waals surface area contributed by atoms with Gasteiger partial charge in [0, 0.05) is 24.8 Å². The Bertz CT molecular complexity index is 1140. The van der Waals surface area contributed by atoms with Gasteiger partial charge in [0.1, 0.15) is 0 Å². The van der Waals surface area contributed by atoms with Crippen LogP contribution in [0.15, 0.2) is 65.6 Å². The first-order valence-corrected chi connectivity index (χ1v) is 10.3. The predicted octanol–water partition coefficient (Wildman–Crippen LogP) is 3.94. The molecule has 4 rings (SSSR count). The van der Waals surface area contributed by atoms with Crippen molar-refractivity contribution in [2.24, 2.45) is 0 Å². The van der Waals surface area contributed by atoms with Crippen LogP contribution in [0.25, 0.3) is 10.8 Å². The summed E-state index contributed by atoms with van der Waals surface area (Å²) in [5, 5.41) is 2.03. The maximum atomic E-state index is 12.8. The van der Waals surface area contributed by atoms with E-state index in [9.17, 15) is 13.2 Å². The summed E-state index contributed by atoms with van der Waals surface area (Å²) >= 11 is 0. The number of benzene rings is 3. The van der Waals surface area contributed by atoms with Gasteiger partial charge in [-0.05, 0) is 59.5 Å². The van der Waals surface area contributed by atoms with Crippen LogP contribution in [0.4, 0.5) is 11.4 Å². The molecule has 27 heavy (non-hydrogen) atoms. The van der Waals surface area contributed by atoms with Crippen molar-refractivity contribution >= 4 is 38.1 Å². The second-order valence-corrected chi connectivity index (χ2v) is 8.41. The lowest BCUT2D eigenvalue weighted by molar-refractivity contribution is -0.116. The molecule has 6 heteroatoms. The Kier molecular flexibility index (Phi) is 4.36. The molecule has 0 fully saturated rings. The lowest BCUT2D eigenvalue weighted by atomic mass is 10.0. The Balaban J connectivity index is 1.66. The molecule has 0 saturated heterocycles. The highest BCUT2D eigenvalue weighted by Crippen LogP contribution is 2.30. The highest BCUT2D eigenvalue weighted by Gasteiger charge is 2.23. The normalized spacial score (nSPS) is 14.0. The lowest BCUT2D eigenvalue weighted by Crippen LogP contribution is -2.33. The molecular formula is C21H20N2O3S. The van der Waals surface area contributed by atoms with Crippen LogP contribution in [0.5, 0.6) is 0 Å². The molecule has 0 atom stereocenters. The minimum atomic E-state index is -3.71. The highest BCUT2D eigenvalue weighted by atomic mass is 32.2. The fraction of sp³-hybridized carbons (Fsp3) is 0.190. The molecule has 0 aromatic heterocycles. The van der Waals surface area contributed by atoms with Crippen molar-refractivity contribution in [3.63, 3.8) is 0 Å². The average Bonchev–Trinajstić information content (AvgIpc) is 2.66. The highest BCUT2D eigenvalue weighted by molar-refractivity contribution is 7.92. The van der Waals surface area contributed by atoms with E-state index in [1.165, 1.54) is 6.92 Å². The number of carbonyl (C=O) groups excluding carboxylic acids is 1. The van der Waals surface area contributed by atoms with E-state index in [-0.39, 0.29) is 10.8 Å². The van der Waals surface area contributed by atoms with E-state index in [2.05, 4.69) is 4.72 Å². The zero-order valence-corrected chi connectivity index (χ0v) is 15.8. The van der Waals surface area contributed by atoms with Crippen molar-refractivity contribution in [2.75, 3.05) is 16.2 Å². The monoisotopic (exact) mass is 380 g/mol. The lowest BCUT2D eigenvalue weighted by Gasteiger charge is -2.28. The van der Waals surface area contributed by atoms with Crippen LogP contribution in [0, 0.1) is 0 Å². The molecule has 1 heterocycles. The van der Waals surface area contributed by atoms with Gasteiger partial charge in [0.25, 0.3) is 10.0 Å². The number of aryl methyl sites for hydroxylation is 1. The second-order valence-electron chi connectivity index (χ2n) is 6.73. The Labute approximate surface area is 158 Å². The van der Waals surface area contributed by atoms with Gasteiger partial charge < -0.3 is 4.90 Å². The summed E-state index contributed by atoms with van der Waals surface area (Å²) in [6, 6.07) is 18.2. The van der Waals surface area contributed by atoms with Gasteiger partial charge in [-0.15, -0.1) is 0 Å². The molecule has 0 saturated carbocycles. The molecule has 3 aromatic rings. The third kappa shape index (κ3) is 3.40. The van der Waals surface area contributed by atoms with Crippen molar-refractivity contribution < 1.29 is 13.2 Å². The van der Waals surface area contributed by atoms with Gasteiger partial charge >= 0.3 is 0 Å². The van der Waals surface area contributed by atoms with Crippen LogP contribution in [-0.4, -0.2) is 20.9 Å². The minimum absolute atomic E-state index is 0.0270. The third-order valence-electron chi connectivity index (χ3n) is 4.86. The van der Waals surface area contributed by atoms with Gasteiger partial charge in [-0.25, -0.2) is 8.42 Å². The van der Waals surface area contributed by atoms with Crippen molar-refractivity contribution in [2.45, 2.75) is 24.7 Å². The van der Waals surface area contributed by atoms with Gasteiger partial charge in [0.15, 0.2) is 0 Å². The van der Waals surface area contributed by atoms with Crippen molar-refractivity contribution in [1.29, 1.82) is 0 Å². The minimum Gasteiger partial charge on any atom is -0.312 e. The van der Waals surface area contributed by atoms with Gasteiger partial charge in [-0.3, -0.25) is 9.52 Å². The van der Waals surface area contributed by atoms with Crippen molar-refractivity contribution in [3.8, 4) is 0 Å². The summed E-state index contributed by atoms with van der Waals surface area (Å²) in [4.78, 5) is 13.7. The number of anilines is 2. The number of hydrogen-bond donors (Lipinski definition) is 1. The number of sulfonamides is 1. The number of nitrogens with one attached hydrogen (secondary N) is 1. The SMILES string of the molecule is CC(=O)N1CCCc2cc(S(=O)(=O)Nc3ccc4ccccc4c3)ccc21. The number of carbonyl (C=O) groups is 1. The summed E-state index contributed by atoms with van der Waals surface area (Å²) in [5.74, 6) is -0.0270. The van der Waals surface area contributed by atoms with Gasteiger partial charge in [0.2, 0.25) is 5.91 Å². The Morgan fingerprint density at radius 3 is 2.56 bits per heavy atom. The van der Waals surface area contributed by atoms with Gasteiger partial charge in [0.05, 0.1) is 4.90 Å². The number of hydrogen-bond acceptors (Lipinski definition) is 3. The Morgan fingerprint density at radius 1 is 1.00 bits per heavy atom. The largest absolute Gasteiger partial charge is 0.312 e. The molecule has 1 aliphatic heterocycles. The van der Waals surface area contributed by atoms with E-state index < -0.39 is 10.0 Å². The maximum absolute atomic E-state index is 12.8. The molecule has 1 aliphatic rings. The van der Waals surface area contributed by atoms with Crippen LogP contribution < -0.4 is 9.62 Å². The molecule has 5 nitrogen and oxygen atoms in total. The molecule has 0 unspecified atom stereocenters. The van der Waals surface area contributed by atoms with Crippen LogP contribution >= 0.6 is 0 Å². The molecule has 1 N–H and O–H groups in total. The number of amides is 1. The summed E-state index contributed by atoms with van der Waals surface area (Å²) < 4.78 is 28.4. The quantitative estimate of drug-likeness (QED) is 0.748.